The van der Waals surface area contributed by atoms with Gasteiger partial charge in [0.2, 0.25) is 0 Å². The Bertz CT molecular complexity index is 1090. The van der Waals surface area contributed by atoms with Crippen LogP contribution in [0.2, 0.25) is 0 Å². The Balaban J connectivity index is 2.20. The van der Waals surface area contributed by atoms with Crippen molar-refractivity contribution in [1.82, 2.24) is 20.1 Å². The maximum atomic E-state index is 13.3. The monoisotopic (exact) mass is 395 g/mol. The van der Waals surface area contributed by atoms with Crippen molar-refractivity contribution < 1.29 is 4.79 Å². The maximum Gasteiger partial charge on any atom is 0.258 e. The van der Waals surface area contributed by atoms with Crippen LogP contribution in [0.4, 0.5) is 5.82 Å². The fraction of sp³-hybridized carbons (Fsp3) is 0.409. The molecule has 0 aliphatic carbocycles. The van der Waals surface area contributed by atoms with Gasteiger partial charge in [0.25, 0.3) is 11.5 Å². The number of carbonyl (C=O) groups excluding carboxylic acids is 1. The second-order valence-electron chi connectivity index (χ2n) is 7.33. The minimum Gasteiger partial charge on any atom is -0.355 e. The Hall–Kier alpha value is -3.09. The third-order valence-corrected chi connectivity index (χ3v) is 5.21. The minimum atomic E-state index is -0.178. The summed E-state index contributed by atoms with van der Waals surface area (Å²) in [4.78, 5) is 27.6. The van der Waals surface area contributed by atoms with Crippen molar-refractivity contribution in [2.45, 2.75) is 33.6 Å². The molecule has 1 aromatic carbocycles. The van der Waals surface area contributed by atoms with Crippen molar-refractivity contribution in [2.24, 2.45) is 7.05 Å². The van der Waals surface area contributed by atoms with E-state index in [2.05, 4.69) is 34.3 Å². The molecule has 1 amide bonds. The highest BCUT2D eigenvalue weighted by Gasteiger charge is 2.19. The molecular weight excluding hydrogens is 366 g/mol. The Labute approximate surface area is 170 Å². The largest absolute Gasteiger partial charge is 0.355 e. The molecule has 2 heterocycles. The van der Waals surface area contributed by atoms with E-state index < -0.39 is 0 Å². The molecule has 0 bridgehead atoms. The van der Waals surface area contributed by atoms with Crippen molar-refractivity contribution in [3.05, 3.63) is 45.7 Å². The van der Waals surface area contributed by atoms with Crippen LogP contribution < -0.4 is 15.8 Å². The lowest BCUT2D eigenvalue weighted by Crippen LogP contribution is -2.27. The number of rotatable bonds is 7. The van der Waals surface area contributed by atoms with Crippen molar-refractivity contribution in [2.75, 3.05) is 25.0 Å². The van der Waals surface area contributed by atoms with Crippen molar-refractivity contribution >= 4 is 22.8 Å². The number of pyridine rings is 1. The first-order chi connectivity index (χ1) is 13.9. The lowest BCUT2D eigenvalue weighted by atomic mass is 9.98. The van der Waals surface area contributed by atoms with Crippen LogP contribution in [-0.2, 0) is 7.05 Å². The van der Waals surface area contributed by atoms with Gasteiger partial charge in [0.1, 0.15) is 5.52 Å². The Kier molecular flexibility index (Phi) is 6.06. The number of aromatic amines is 1. The van der Waals surface area contributed by atoms with Crippen LogP contribution >= 0.6 is 0 Å². The lowest BCUT2D eigenvalue weighted by Gasteiger charge is -2.21. The van der Waals surface area contributed by atoms with Crippen LogP contribution in [-0.4, -0.2) is 40.8 Å². The van der Waals surface area contributed by atoms with Gasteiger partial charge in [-0.1, -0.05) is 19.9 Å². The van der Waals surface area contributed by atoms with Gasteiger partial charge in [0.15, 0.2) is 5.82 Å². The summed E-state index contributed by atoms with van der Waals surface area (Å²) in [5.74, 6) is 0.633. The normalized spacial score (nSPS) is 11.1. The zero-order chi connectivity index (χ0) is 21.1. The van der Waals surface area contributed by atoms with E-state index in [0.717, 1.165) is 53.9 Å². The van der Waals surface area contributed by atoms with Crippen molar-refractivity contribution in [1.29, 1.82) is 0 Å². The molecule has 2 aromatic heterocycles. The number of carbonyl (C=O) groups is 1. The fourth-order valence-electron chi connectivity index (χ4n) is 3.73. The van der Waals surface area contributed by atoms with Gasteiger partial charge in [-0.2, -0.15) is 5.10 Å². The predicted molar refractivity (Wildman–Crippen MR) is 118 cm³/mol. The van der Waals surface area contributed by atoms with E-state index in [-0.39, 0.29) is 11.5 Å². The molecule has 3 rings (SSSR count). The quantitative estimate of drug-likeness (QED) is 0.643. The molecule has 0 spiro atoms. The van der Waals surface area contributed by atoms with Crippen molar-refractivity contribution in [3.8, 4) is 11.1 Å². The first-order valence-corrected chi connectivity index (χ1v) is 10.1. The summed E-state index contributed by atoms with van der Waals surface area (Å²) in [5.41, 5.74) is 4.27. The van der Waals surface area contributed by atoms with Crippen LogP contribution in [0.25, 0.3) is 22.2 Å². The van der Waals surface area contributed by atoms with Crippen molar-refractivity contribution in [3.63, 3.8) is 0 Å². The number of aromatic nitrogens is 3. The van der Waals surface area contributed by atoms with Gasteiger partial charge in [-0.15, -0.1) is 0 Å². The molecule has 0 saturated carbocycles. The van der Waals surface area contributed by atoms with Crippen LogP contribution in [0.3, 0.4) is 0 Å². The number of benzene rings is 1. The zero-order valence-corrected chi connectivity index (χ0v) is 17.8. The van der Waals surface area contributed by atoms with Gasteiger partial charge in [-0.25, -0.2) is 0 Å². The third-order valence-electron chi connectivity index (χ3n) is 5.21. The molecule has 0 unspecified atom stereocenters. The van der Waals surface area contributed by atoms with Crippen LogP contribution in [0.5, 0.6) is 0 Å². The molecule has 0 radical (unpaired) electrons. The lowest BCUT2D eigenvalue weighted by molar-refractivity contribution is 0.0963. The molecular formula is C22H29N5O2. The Morgan fingerprint density at radius 3 is 2.48 bits per heavy atom. The van der Waals surface area contributed by atoms with E-state index in [1.54, 1.807) is 30.8 Å². The molecule has 7 nitrogen and oxygen atoms in total. The predicted octanol–water partition coefficient (Wildman–Crippen LogP) is 3.22. The van der Waals surface area contributed by atoms with E-state index >= 15 is 0 Å². The second-order valence-corrected chi connectivity index (χ2v) is 7.33. The van der Waals surface area contributed by atoms with E-state index in [1.807, 2.05) is 19.1 Å². The molecule has 154 valence electrons. The van der Waals surface area contributed by atoms with Crippen LogP contribution in [0.1, 0.15) is 42.6 Å². The number of nitrogens with zero attached hydrogens (tertiary/aromatic N) is 3. The van der Waals surface area contributed by atoms with E-state index in [9.17, 15) is 9.59 Å². The average molecular weight is 396 g/mol. The molecule has 0 fully saturated rings. The van der Waals surface area contributed by atoms with Crippen LogP contribution in [0, 0.1) is 6.92 Å². The highest BCUT2D eigenvalue weighted by Crippen LogP contribution is 2.28. The van der Waals surface area contributed by atoms with Crippen LogP contribution in [0.15, 0.2) is 29.1 Å². The first kappa shape index (κ1) is 20.6. The van der Waals surface area contributed by atoms with Gasteiger partial charge in [0, 0.05) is 38.3 Å². The summed E-state index contributed by atoms with van der Waals surface area (Å²) in [6, 6.07) is 7.25. The highest BCUT2D eigenvalue weighted by atomic mass is 16.1. The third kappa shape index (κ3) is 3.77. The molecule has 0 saturated heterocycles. The standard InChI is InChI=1S/C22H29N5O2/c1-6-10-27(11-7-2)20-19-18(24-25-20)13-17(22(29)26(19)5)16-12-15(21(28)23-4)9-8-14(16)3/h8-9,12-13H,6-7,10-11H2,1-5H3,(H,23,28)(H,24,25). The maximum absolute atomic E-state index is 13.3. The fourth-order valence-corrected chi connectivity index (χ4v) is 3.73. The molecule has 0 atom stereocenters. The van der Waals surface area contributed by atoms with E-state index in [4.69, 9.17) is 0 Å². The number of fused-ring (bicyclic) bond motifs is 1. The Morgan fingerprint density at radius 1 is 1.17 bits per heavy atom. The topological polar surface area (TPSA) is 83.0 Å². The first-order valence-electron chi connectivity index (χ1n) is 10.1. The van der Waals surface area contributed by atoms with Gasteiger partial charge < -0.3 is 14.8 Å². The number of hydrogen-bond acceptors (Lipinski definition) is 4. The van der Waals surface area contributed by atoms with Gasteiger partial charge in [0.05, 0.1) is 5.52 Å². The van der Waals surface area contributed by atoms with Gasteiger partial charge in [-0.05, 0) is 49.1 Å². The summed E-state index contributed by atoms with van der Waals surface area (Å²) in [5, 5.41) is 10.3. The highest BCUT2D eigenvalue weighted by molar-refractivity contribution is 5.96. The Morgan fingerprint density at radius 2 is 1.86 bits per heavy atom. The SMILES string of the molecule is CCCN(CCC)c1n[nH]c2cc(-c3cc(C(=O)NC)ccc3C)c(=O)n(C)c12. The second kappa shape index (κ2) is 8.51. The van der Waals surface area contributed by atoms with Gasteiger partial charge in [-0.3, -0.25) is 14.7 Å². The van der Waals surface area contributed by atoms with E-state index in [1.165, 1.54) is 0 Å². The van der Waals surface area contributed by atoms with Gasteiger partial charge >= 0.3 is 0 Å². The number of anilines is 1. The molecule has 29 heavy (non-hydrogen) atoms. The smallest absolute Gasteiger partial charge is 0.258 e. The molecule has 0 aliphatic rings. The molecule has 0 aliphatic heterocycles. The summed E-state index contributed by atoms with van der Waals surface area (Å²) in [6.45, 7) is 7.98. The zero-order valence-electron chi connectivity index (χ0n) is 17.8. The number of aryl methyl sites for hydroxylation is 2. The average Bonchev–Trinajstić information content (AvgIpc) is 3.14. The molecule has 2 N–H and O–H groups in total. The number of nitrogens with one attached hydrogen (secondary N) is 2. The summed E-state index contributed by atoms with van der Waals surface area (Å²) < 4.78 is 1.66. The minimum absolute atomic E-state index is 0.106. The van der Waals surface area contributed by atoms with E-state index in [0.29, 0.717) is 11.1 Å². The molecule has 7 heteroatoms. The number of amides is 1. The summed E-state index contributed by atoms with van der Waals surface area (Å²) in [6.07, 6.45) is 2.01. The number of hydrogen-bond donors (Lipinski definition) is 2. The summed E-state index contributed by atoms with van der Waals surface area (Å²) in [7, 11) is 3.37. The summed E-state index contributed by atoms with van der Waals surface area (Å²) >= 11 is 0. The number of H-pyrrole nitrogens is 1. The molecule has 3 aromatic rings.